The van der Waals surface area contributed by atoms with Gasteiger partial charge < -0.3 is 14.7 Å². The van der Waals surface area contributed by atoms with Gasteiger partial charge in [0.15, 0.2) is 0 Å². The minimum atomic E-state index is -0.395. The van der Waals surface area contributed by atoms with Gasteiger partial charge in [0, 0.05) is 38.6 Å². The Morgan fingerprint density at radius 2 is 1.80 bits per heavy atom. The number of carbonyl (C=O) groups is 1. The molecule has 0 radical (unpaired) electrons. The highest BCUT2D eigenvalue weighted by Gasteiger charge is 2.31. The van der Waals surface area contributed by atoms with Gasteiger partial charge in [0.25, 0.3) is 0 Å². The van der Waals surface area contributed by atoms with Crippen LogP contribution in [0.4, 0.5) is 4.39 Å². The highest BCUT2D eigenvalue weighted by atomic mass is 19.1. The van der Waals surface area contributed by atoms with E-state index in [0.29, 0.717) is 45.6 Å². The zero-order valence-electron chi connectivity index (χ0n) is 14.6. The summed E-state index contributed by atoms with van der Waals surface area (Å²) < 4.78 is 18.3. The second-order valence-electron chi connectivity index (χ2n) is 6.87. The van der Waals surface area contributed by atoms with Crippen molar-refractivity contribution in [1.29, 1.82) is 0 Å². The Labute approximate surface area is 148 Å². The van der Waals surface area contributed by atoms with E-state index in [2.05, 4.69) is 4.90 Å². The van der Waals surface area contributed by atoms with Crippen molar-refractivity contribution in [3.63, 3.8) is 0 Å². The monoisotopic (exact) mass is 350 g/mol. The third-order valence-electron chi connectivity index (χ3n) is 5.24. The van der Waals surface area contributed by atoms with E-state index in [0.717, 1.165) is 25.1 Å². The molecule has 0 spiro atoms. The van der Waals surface area contributed by atoms with Crippen molar-refractivity contribution >= 4 is 5.91 Å². The van der Waals surface area contributed by atoms with E-state index >= 15 is 0 Å². The third kappa shape index (κ3) is 5.00. The predicted molar refractivity (Wildman–Crippen MR) is 92.7 cm³/mol. The van der Waals surface area contributed by atoms with Crippen LogP contribution in [0.3, 0.4) is 0 Å². The Kier molecular flexibility index (Phi) is 6.39. The number of likely N-dealkylation sites (tertiary alicyclic amines) is 1. The maximum Gasteiger partial charge on any atom is 0.222 e. The van der Waals surface area contributed by atoms with Gasteiger partial charge in [0.2, 0.25) is 5.91 Å². The SMILES string of the molecule is O=C(CCc1ccc(F)cc1)N1CC[C@H](O)[C@@H](N2CCOCC2)CC1. The number of hydrogen-bond acceptors (Lipinski definition) is 4. The topological polar surface area (TPSA) is 53.0 Å². The number of ether oxygens (including phenoxy) is 1. The molecule has 1 N–H and O–H groups in total. The molecule has 1 aromatic carbocycles. The molecule has 2 fully saturated rings. The van der Waals surface area contributed by atoms with Crippen LogP contribution >= 0.6 is 0 Å². The molecule has 0 saturated carbocycles. The van der Waals surface area contributed by atoms with Crippen LogP contribution in [-0.4, -0.2) is 72.4 Å². The van der Waals surface area contributed by atoms with Crippen LogP contribution in [-0.2, 0) is 16.0 Å². The predicted octanol–water partition coefficient (Wildman–Crippen LogP) is 1.44. The normalized spacial score (nSPS) is 25.6. The lowest BCUT2D eigenvalue weighted by molar-refractivity contribution is -0.131. The Bertz CT molecular complexity index is 560. The third-order valence-corrected chi connectivity index (χ3v) is 5.24. The lowest BCUT2D eigenvalue weighted by Gasteiger charge is -2.36. The molecule has 2 atom stereocenters. The largest absolute Gasteiger partial charge is 0.391 e. The number of aliphatic hydroxyl groups excluding tert-OH is 1. The molecule has 5 nitrogen and oxygen atoms in total. The summed E-state index contributed by atoms with van der Waals surface area (Å²) in [6.07, 6.45) is 2.05. The lowest BCUT2D eigenvalue weighted by Crippen LogP contribution is -2.49. The number of nitrogens with zero attached hydrogens (tertiary/aromatic N) is 2. The molecule has 2 saturated heterocycles. The standard InChI is InChI=1S/C19H27FN2O3/c20-16-4-1-15(2-5-16)3-6-19(24)22-9-7-17(18(23)8-10-22)21-11-13-25-14-12-21/h1-2,4-5,17-18,23H,3,6-14H2/t17-,18-/m0/s1. The number of benzene rings is 1. The van der Waals surface area contributed by atoms with Gasteiger partial charge in [0.1, 0.15) is 5.82 Å². The number of aryl methyl sites for hydroxylation is 1. The van der Waals surface area contributed by atoms with Gasteiger partial charge in [-0.05, 0) is 37.0 Å². The van der Waals surface area contributed by atoms with Crippen molar-refractivity contribution in [3.8, 4) is 0 Å². The molecule has 6 heteroatoms. The first kappa shape index (κ1) is 18.3. The number of amides is 1. The van der Waals surface area contributed by atoms with E-state index in [-0.39, 0.29) is 17.8 Å². The van der Waals surface area contributed by atoms with Crippen LogP contribution < -0.4 is 0 Å². The number of halogens is 1. The number of hydrogen-bond donors (Lipinski definition) is 1. The summed E-state index contributed by atoms with van der Waals surface area (Å²) in [5.41, 5.74) is 0.968. The van der Waals surface area contributed by atoms with E-state index < -0.39 is 6.10 Å². The first-order valence-electron chi connectivity index (χ1n) is 9.15. The summed E-state index contributed by atoms with van der Waals surface area (Å²) in [6, 6.07) is 6.41. The van der Waals surface area contributed by atoms with E-state index in [1.807, 2.05) is 4.90 Å². The highest BCUT2D eigenvalue weighted by molar-refractivity contribution is 5.76. The fraction of sp³-hybridized carbons (Fsp3) is 0.632. The minimum Gasteiger partial charge on any atom is -0.391 e. The maximum absolute atomic E-state index is 12.9. The molecule has 0 aromatic heterocycles. The highest BCUT2D eigenvalue weighted by Crippen LogP contribution is 2.19. The number of morpholine rings is 1. The van der Waals surface area contributed by atoms with Gasteiger partial charge in [-0.15, -0.1) is 0 Å². The lowest BCUT2D eigenvalue weighted by atomic mass is 10.0. The van der Waals surface area contributed by atoms with Crippen LogP contribution in [0, 0.1) is 5.82 Å². The molecule has 2 aliphatic rings. The van der Waals surface area contributed by atoms with Crippen molar-refractivity contribution in [1.82, 2.24) is 9.80 Å². The summed E-state index contributed by atoms with van der Waals surface area (Å²) in [4.78, 5) is 16.7. The Morgan fingerprint density at radius 3 is 2.52 bits per heavy atom. The molecule has 0 unspecified atom stereocenters. The van der Waals surface area contributed by atoms with Crippen molar-refractivity contribution in [2.24, 2.45) is 0 Å². The smallest absolute Gasteiger partial charge is 0.222 e. The summed E-state index contributed by atoms with van der Waals surface area (Å²) in [5.74, 6) is -0.148. The molecule has 1 amide bonds. The quantitative estimate of drug-likeness (QED) is 0.893. The second kappa shape index (κ2) is 8.74. The van der Waals surface area contributed by atoms with Crippen molar-refractivity contribution in [2.75, 3.05) is 39.4 Å². The molecule has 3 rings (SSSR count). The first-order chi connectivity index (χ1) is 12.1. The zero-order valence-corrected chi connectivity index (χ0v) is 14.6. The van der Waals surface area contributed by atoms with Gasteiger partial charge in [-0.3, -0.25) is 9.69 Å². The molecule has 25 heavy (non-hydrogen) atoms. The van der Waals surface area contributed by atoms with Gasteiger partial charge in [-0.25, -0.2) is 4.39 Å². The fourth-order valence-corrected chi connectivity index (χ4v) is 3.72. The van der Waals surface area contributed by atoms with E-state index in [9.17, 15) is 14.3 Å². The first-order valence-corrected chi connectivity index (χ1v) is 9.15. The molecule has 0 aliphatic carbocycles. The average Bonchev–Trinajstić information content (AvgIpc) is 2.83. The van der Waals surface area contributed by atoms with E-state index in [1.165, 1.54) is 12.1 Å². The average molecular weight is 350 g/mol. The van der Waals surface area contributed by atoms with Gasteiger partial charge in [-0.1, -0.05) is 12.1 Å². The van der Waals surface area contributed by atoms with E-state index in [4.69, 9.17) is 4.74 Å². The van der Waals surface area contributed by atoms with Crippen molar-refractivity contribution < 1.29 is 19.0 Å². The molecule has 0 bridgehead atoms. The van der Waals surface area contributed by atoms with Crippen molar-refractivity contribution in [3.05, 3.63) is 35.6 Å². The van der Waals surface area contributed by atoms with Crippen LogP contribution in [0.2, 0.25) is 0 Å². The molecular weight excluding hydrogens is 323 g/mol. The fourth-order valence-electron chi connectivity index (χ4n) is 3.72. The molecule has 2 heterocycles. The van der Waals surface area contributed by atoms with Crippen LogP contribution in [0.15, 0.2) is 24.3 Å². The Balaban J connectivity index is 1.50. The summed E-state index contributed by atoms with van der Waals surface area (Å²) in [7, 11) is 0. The van der Waals surface area contributed by atoms with Crippen LogP contribution in [0.1, 0.15) is 24.8 Å². The van der Waals surface area contributed by atoms with Crippen LogP contribution in [0.5, 0.6) is 0 Å². The number of carbonyl (C=O) groups excluding carboxylic acids is 1. The van der Waals surface area contributed by atoms with Crippen LogP contribution in [0.25, 0.3) is 0 Å². The summed E-state index contributed by atoms with van der Waals surface area (Å²) in [6.45, 7) is 4.40. The second-order valence-corrected chi connectivity index (χ2v) is 6.87. The minimum absolute atomic E-state index is 0.110. The molecule has 2 aliphatic heterocycles. The van der Waals surface area contributed by atoms with Gasteiger partial charge in [0.05, 0.1) is 19.3 Å². The zero-order chi connectivity index (χ0) is 17.6. The number of aliphatic hydroxyl groups is 1. The van der Waals surface area contributed by atoms with Gasteiger partial charge in [-0.2, -0.15) is 0 Å². The Morgan fingerprint density at radius 1 is 1.12 bits per heavy atom. The molecule has 138 valence electrons. The van der Waals surface area contributed by atoms with Gasteiger partial charge >= 0.3 is 0 Å². The number of rotatable bonds is 4. The molecule has 1 aromatic rings. The summed E-state index contributed by atoms with van der Waals surface area (Å²) in [5, 5.41) is 10.5. The summed E-state index contributed by atoms with van der Waals surface area (Å²) >= 11 is 0. The Hall–Kier alpha value is -1.50. The molecular formula is C19H27FN2O3. The maximum atomic E-state index is 12.9. The van der Waals surface area contributed by atoms with Crippen molar-refractivity contribution in [2.45, 2.75) is 37.8 Å². The van der Waals surface area contributed by atoms with E-state index in [1.54, 1.807) is 12.1 Å².